The maximum absolute atomic E-state index is 11.2. The number of carbonyl (C=O) groups excluding carboxylic acids is 2. The van der Waals surface area contributed by atoms with E-state index in [9.17, 15) is 9.59 Å². The van der Waals surface area contributed by atoms with E-state index in [0.717, 1.165) is 11.3 Å². The third-order valence-corrected chi connectivity index (χ3v) is 3.08. The van der Waals surface area contributed by atoms with Crippen LogP contribution in [0.15, 0.2) is 34.5 Å². The van der Waals surface area contributed by atoms with Crippen LogP contribution in [-0.4, -0.2) is 23.2 Å². The van der Waals surface area contributed by atoms with E-state index in [1.54, 1.807) is 30.3 Å². The third-order valence-electron chi connectivity index (χ3n) is 3.08. The lowest BCUT2D eigenvalue weighted by atomic mass is 9.94. The number of carbonyl (C=O) groups is 2. The molecule has 1 atom stereocenters. The van der Waals surface area contributed by atoms with Crippen LogP contribution in [0.2, 0.25) is 0 Å². The summed E-state index contributed by atoms with van der Waals surface area (Å²) >= 11 is 0. The first-order valence-corrected chi connectivity index (χ1v) is 6.51. The summed E-state index contributed by atoms with van der Waals surface area (Å²) in [4.78, 5) is 22.1. The van der Waals surface area contributed by atoms with Crippen molar-refractivity contribution in [1.82, 2.24) is 5.43 Å². The van der Waals surface area contributed by atoms with Crippen molar-refractivity contribution in [2.24, 2.45) is 21.9 Å². The largest absolute Gasteiger partial charge is 0.364 e. The smallest absolute Gasteiger partial charge is 0.280 e. The van der Waals surface area contributed by atoms with Crippen LogP contribution in [0, 0.1) is 17.2 Å². The van der Waals surface area contributed by atoms with Crippen molar-refractivity contribution in [2.75, 3.05) is 5.43 Å². The Morgan fingerprint density at radius 3 is 2.73 bits per heavy atom. The highest BCUT2D eigenvalue weighted by Crippen LogP contribution is 2.18. The molecule has 1 aliphatic heterocycles. The first kappa shape index (κ1) is 15.2. The quantitative estimate of drug-likeness (QED) is 0.545. The summed E-state index contributed by atoms with van der Waals surface area (Å²) in [5, 5.41) is 16.4. The van der Waals surface area contributed by atoms with Gasteiger partial charge in [0.15, 0.2) is 0 Å². The molecular formula is C14H14N6O2. The van der Waals surface area contributed by atoms with Gasteiger partial charge >= 0.3 is 0 Å². The molecule has 0 fully saturated rings. The highest BCUT2D eigenvalue weighted by Gasteiger charge is 2.21. The fourth-order valence-electron chi connectivity index (χ4n) is 1.97. The number of nitriles is 1. The minimum absolute atomic E-state index is 0.0330. The third kappa shape index (κ3) is 3.46. The zero-order valence-corrected chi connectivity index (χ0v) is 11.8. The van der Waals surface area contributed by atoms with Gasteiger partial charge < -0.3 is 5.73 Å². The Kier molecular flexibility index (Phi) is 4.48. The maximum Gasteiger partial charge on any atom is 0.280 e. The van der Waals surface area contributed by atoms with E-state index >= 15 is 0 Å². The highest BCUT2D eigenvalue weighted by atomic mass is 16.2. The van der Waals surface area contributed by atoms with E-state index in [4.69, 9.17) is 11.0 Å². The SMILES string of the molecule is C[C@@H]1CC(=O)NN=C1c1ccc(NN=C(C#N)C(N)=O)cc1. The van der Waals surface area contributed by atoms with Gasteiger partial charge in [-0.1, -0.05) is 19.1 Å². The molecule has 8 heteroatoms. The average Bonchev–Trinajstić information content (AvgIpc) is 2.48. The van der Waals surface area contributed by atoms with Crippen LogP contribution >= 0.6 is 0 Å². The molecule has 0 aliphatic carbocycles. The van der Waals surface area contributed by atoms with E-state index in [1.165, 1.54) is 0 Å². The van der Waals surface area contributed by atoms with Gasteiger partial charge in [-0.05, 0) is 17.7 Å². The topological polar surface area (TPSA) is 133 Å². The Bertz CT molecular complexity index is 699. The van der Waals surface area contributed by atoms with Crippen molar-refractivity contribution in [1.29, 1.82) is 5.26 Å². The Labute approximate surface area is 126 Å². The van der Waals surface area contributed by atoms with Crippen molar-refractivity contribution in [3.63, 3.8) is 0 Å². The predicted molar refractivity (Wildman–Crippen MR) is 80.8 cm³/mol. The van der Waals surface area contributed by atoms with Crippen LogP contribution in [0.1, 0.15) is 18.9 Å². The molecule has 2 amide bonds. The molecule has 4 N–H and O–H groups in total. The van der Waals surface area contributed by atoms with Crippen LogP contribution in [0.3, 0.4) is 0 Å². The van der Waals surface area contributed by atoms with Crippen molar-refractivity contribution in [3.05, 3.63) is 29.8 Å². The van der Waals surface area contributed by atoms with Gasteiger partial charge in [-0.2, -0.15) is 15.5 Å². The fraction of sp³-hybridized carbons (Fsp3) is 0.214. The Morgan fingerprint density at radius 1 is 1.50 bits per heavy atom. The fourth-order valence-corrected chi connectivity index (χ4v) is 1.97. The standard InChI is InChI=1S/C14H14N6O2/c1-8-6-12(21)19-20-13(8)9-2-4-10(5-3-9)17-18-11(7-15)14(16)22/h2-5,8,17H,6H2,1H3,(H2,16,22)(H,19,21)/t8-/m1/s1. The van der Waals surface area contributed by atoms with E-state index < -0.39 is 11.6 Å². The van der Waals surface area contributed by atoms with E-state index in [0.29, 0.717) is 12.1 Å². The molecule has 8 nitrogen and oxygen atoms in total. The van der Waals surface area contributed by atoms with Gasteiger partial charge in [0.25, 0.3) is 5.91 Å². The van der Waals surface area contributed by atoms with Gasteiger partial charge in [-0.3, -0.25) is 15.0 Å². The zero-order valence-electron chi connectivity index (χ0n) is 11.8. The number of amides is 2. The van der Waals surface area contributed by atoms with E-state index in [2.05, 4.69) is 21.1 Å². The number of anilines is 1. The second-order valence-corrected chi connectivity index (χ2v) is 4.76. The first-order valence-electron chi connectivity index (χ1n) is 6.51. The van der Waals surface area contributed by atoms with Gasteiger partial charge in [0.1, 0.15) is 6.07 Å². The molecule has 1 heterocycles. The molecule has 0 saturated heterocycles. The number of nitrogens with one attached hydrogen (secondary N) is 2. The van der Waals surface area contributed by atoms with Crippen LogP contribution in [-0.2, 0) is 9.59 Å². The summed E-state index contributed by atoms with van der Waals surface area (Å²) in [6, 6.07) is 8.66. The van der Waals surface area contributed by atoms with Gasteiger partial charge in [0.2, 0.25) is 11.6 Å². The van der Waals surface area contributed by atoms with Crippen molar-refractivity contribution < 1.29 is 9.59 Å². The molecule has 1 aromatic carbocycles. The predicted octanol–water partition coefficient (Wildman–Crippen LogP) is 0.323. The summed E-state index contributed by atoms with van der Waals surface area (Å²) in [7, 11) is 0. The summed E-state index contributed by atoms with van der Waals surface area (Å²) in [5.41, 5.74) is 11.9. The lowest BCUT2D eigenvalue weighted by Gasteiger charge is -2.19. The summed E-state index contributed by atoms with van der Waals surface area (Å²) in [5.74, 6) is -0.960. The number of hydrogen-bond donors (Lipinski definition) is 3. The molecular weight excluding hydrogens is 284 g/mol. The van der Waals surface area contributed by atoms with Gasteiger partial charge in [0, 0.05) is 12.3 Å². The van der Waals surface area contributed by atoms with Crippen LogP contribution in [0.4, 0.5) is 5.69 Å². The van der Waals surface area contributed by atoms with Gasteiger partial charge in [0.05, 0.1) is 11.4 Å². The molecule has 2 rings (SSSR count). The summed E-state index contributed by atoms with van der Waals surface area (Å²) in [6.07, 6.45) is 0.396. The monoisotopic (exact) mass is 298 g/mol. The van der Waals surface area contributed by atoms with Crippen LogP contribution in [0.25, 0.3) is 0 Å². The molecule has 0 aromatic heterocycles. The van der Waals surface area contributed by atoms with E-state index in [-0.39, 0.29) is 11.8 Å². The molecule has 0 radical (unpaired) electrons. The Hall–Kier alpha value is -3.21. The molecule has 112 valence electrons. The van der Waals surface area contributed by atoms with E-state index in [1.807, 2.05) is 6.92 Å². The lowest BCUT2D eigenvalue weighted by molar-refractivity contribution is -0.121. The molecule has 1 aliphatic rings. The number of nitrogens with two attached hydrogens (primary N) is 1. The van der Waals surface area contributed by atoms with Crippen molar-refractivity contribution in [3.8, 4) is 6.07 Å². The second-order valence-electron chi connectivity index (χ2n) is 4.76. The highest BCUT2D eigenvalue weighted by molar-refractivity contribution is 6.44. The van der Waals surface area contributed by atoms with Crippen LogP contribution in [0.5, 0.6) is 0 Å². The molecule has 0 saturated carbocycles. The Balaban J connectivity index is 2.13. The lowest BCUT2D eigenvalue weighted by Crippen LogP contribution is -2.31. The van der Waals surface area contributed by atoms with Crippen molar-refractivity contribution >= 4 is 28.9 Å². The van der Waals surface area contributed by atoms with Crippen molar-refractivity contribution in [2.45, 2.75) is 13.3 Å². The van der Waals surface area contributed by atoms with Gasteiger partial charge in [-0.25, -0.2) is 5.43 Å². The number of rotatable bonds is 4. The number of nitrogens with zero attached hydrogens (tertiary/aromatic N) is 3. The second kappa shape index (κ2) is 6.49. The molecule has 22 heavy (non-hydrogen) atoms. The number of hydrazone groups is 2. The number of primary amides is 1. The minimum Gasteiger partial charge on any atom is -0.364 e. The summed E-state index contributed by atoms with van der Waals surface area (Å²) < 4.78 is 0. The van der Waals surface area contributed by atoms with Crippen LogP contribution < -0.4 is 16.6 Å². The number of hydrogen-bond acceptors (Lipinski definition) is 6. The zero-order chi connectivity index (χ0) is 16.1. The molecule has 0 unspecified atom stereocenters. The number of benzene rings is 1. The first-order chi connectivity index (χ1) is 10.5. The Morgan fingerprint density at radius 2 is 2.18 bits per heavy atom. The maximum atomic E-state index is 11.2. The molecule has 0 spiro atoms. The molecule has 0 bridgehead atoms. The average molecular weight is 298 g/mol. The van der Waals surface area contributed by atoms with Gasteiger partial charge in [-0.15, -0.1) is 0 Å². The molecule has 1 aromatic rings. The summed E-state index contributed by atoms with van der Waals surface area (Å²) in [6.45, 7) is 1.93. The minimum atomic E-state index is -0.896. The normalized spacial score (nSPS) is 18.0.